The molecule has 0 aromatic heterocycles. The van der Waals surface area contributed by atoms with Gasteiger partial charge in [0, 0.05) is 25.2 Å². The Balaban J connectivity index is 1.91. The Bertz CT molecular complexity index is 453. The highest BCUT2D eigenvalue weighted by molar-refractivity contribution is 5.92. The fourth-order valence-electron chi connectivity index (χ4n) is 1.99. The van der Waals surface area contributed by atoms with E-state index in [0.29, 0.717) is 6.54 Å². The zero-order valence-corrected chi connectivity index (χ0v) is 9.83. The number of halogens is 2. The lowest BCUT2D eigenvalue weighted by Crippen LogP contribution is -2.33. The Kier molecular flexibility index (Phi) is 3.88. The summed E-state index contributed by atoms with van der Waals surface area (Å²) in [7, 11) is 0. The number of amides is 1. The van der Waals surface area contributed by atoms with Crippen LogP contribution in [-0.2, 0) is 4.79 Å². The van der Waals surface area contributed by atoms with Crippen LogP contribution in [0.2, 0.25) is 0 Å². The van der Waals surface area contributed by atoms with Crippen molar-refractivity contribution in [1.29, 1.82) is 0 Å². The molecule has 0 spiro atoms. The van der Waals surface area contributed by atoms with Crippen molar-refractivity contribution in [2.45, 2.75) is 12.5 Å². The quantitative estimate of drug-likeness (QED) is 0.845. The number of anilines is 1. The van der Waals surface area contributed by atoms with Gasteiger partial charge in [-0.25, -0.2) is 8.78 Å². The molecule has 1 fully saturated rings. The Labute approximate surface area is 104 Å². The maximum absolute atomic E-state index is 13.3. The third-order valence-corrected chi connectivity index (χ3v) is 2.88. The van der Waals surface area contributed by atoms with Crippen LogP contribution < -0.4 is 11.1 Å². The molecule has 0 bridgehead atoms. The first-order chi connectivity index (χ1) is 8.54. The second kappa shape index (κ2) is 5.41. The number of hydrogen-bond acceptors (Lipinski definition) is 3. The standard InChI is InChI=1S/C12H15F2N3O/c13-8-1-2-11(10(14)5-8)16-12(18)7-17-4-3-9(15)6-17/h1-2,5,9H,3-4,6-7,15H2,(H,16,18). The van der Waals surface area contributed by atoms with Gasteiger partial charge in [0.25, 0.3) is 0 Å². The molecule has 1 unspecified atom stereocenters. The summed E-state index contributed by atoms with van der Waals surface area (Å²) in [4.78, 5) is 13.6. The number of carbonyl (C=O) groups excluding carboxylic acids is 1. The van der Waals surface area contributed by atoms with E-state index >= 15 is 0 Å². The topological polar surface area (TPSA) is 58.4 Å². The van der Waals surface area contributed by atoms with E-state index in [4.69, 9.17) is 5.73 Å². The number of nitrogens with two attached hydrogens (primary N) is 1. The van der Waals surface area contributed by atoms with Gasteiger partial charge in [0.2, 0.25) is 5.91 Å². The smallest absolute Gasteiger partial charge is 0.238 e. The average Bonchev–Trinajstić information content (AvgIpc) is 2.68. The maximum atomic E-state index is 13.3. The SMILES string of the molecule is NC1CCN(CC(=O)Nc2ccc(F)cc2F)C1. The first-order valence-corrected chi connectivity index (χ1v) is 5.77. The van der Waals surface area contributed by atoms with Gasteiger partial charge in [0.1, 0.15) is 11.6 Å². The number of carbonyl (C=O) groups is 1. The molecule has 18 heavy (non-hydrogen) atoms. The second-order valence-electron chi connectivity index (χ2n) is 4.46. The van der Waals surface area contributed by atoms with Gasteiger partial charge in [0.15, 0.2) is 0 Å². The molecule has 1 heterocycles. The molecule has 1 aromatic rings. The van der Waals surface area contributed by atoms with E-state index in [2.05, 4.69) is 5.32 Å². The van der Waals surface area contributed by atoms with Gasteiger partial charge in [-0.1, -0.05) is 0 Å². The van der Waals surface area contributed by atoms with E-state index in [1.54, 1.807) is 0 Å². The van der Waals surface area contributed by atoms with Gasteiger partial charge in [0.05, 0.1) is 12.2 Å². The van der Waals surface area contributed by atoms with Crippen LogP contribution in [0.15, 0.2) is 18.2 Å². The molecule has 0 radical (unpaired) electrons. The first kappa shape index (κ1) is 12.9. The molecule has 4 nitrogen and oxygen atoms in total. The van der Waals surface area contributed by atoms with Crippen molar-refractivity contribution in [2.24, 2.45) is 5.73 Å². The molecular formula is C12H15F2N3O. The summed E-state index contributed by atoms with van der Waals surface area (Å²) >= 11 is 0. The normalized spacial score (nSPS) is 20.1. The summed E-state index contributed by atoms with van der Waals surface area (Å²) in [6, 6.07) is 3.14. The van der Waals surface area contributed by atoms with Crippen molar-refractivity contribution in [3.8, 4) is 0 Å². The Morgan fingerprint density at radius 3 is 2.89 bits per heavy atom. The fraction of sp³-hybridized carbons (Fsp3) is 0.417. The minimum absolute atomic E-state index is 0.00936. The molecule has 98 valence electrons. The van der Waals surface area contributed by atoms with E-state index in [0.717, 1.165) is 25.1 Å². The lowest BCUT2D eigenvalue weighted by Gasteiger charge is -2.14. The zero-order chi connectivity index (χ0) is 13.1. The third-order valence-electron chi connectivity index (χ3n) is 2.88. The Hall–Kier alpha value is -1.53. The molecule has 0 saturated carbocycles. The number of benzene rings is 1. The molecule has 1 amide bonds. The molecule has 1 atom stereocenters. The monoisotopic (exact) mass is 255 g/mol. The summed E-state index contributed by atoms with van der Waals surface area (Å²) in [6.07, 6.45) is 0.859. The summed E-state index contributed by atoms with van der Waals surface area (Å²) in [5, 5.41) is 2.42. The highest BCUT2D eigenvalue weighted by Gasteiger charge is 2.21. The minimum Gasteiger partial charge on any atom is -0.326 e. The molecule has 1 saturated heterocycles. The van der Waals surface area contributed by atoms with Gasteiger partial charge < -0.3 is 11.1 Å². The predicted octanol–water partition coefficient (Wildman–Crippen LogP) is 0.936. The molecule has 3 N–H and O–H groups in total. The molecule has 1 aliphatic rings. The number of nitrogens with one attached hydrogen (secondary N) is 1. The lowest BCUT2D eigenvalue weighted by molar-refractivity contribution is -0.117. The highest BCUT2D eigenvalue weighted by Crippen LogP contribution is 2.15. The molecule has 1 aromatic carbocycles. The van der Waals surface area contributed by atoms with Crippen molar-refractivity contribution in [2.75, 3.05) is 25.0 Å². The van der Waals surface area contributed by atoms with Crippen LogP contribution in [0.1, 0.15) is 6.42 Å². The van der Waals surface area contributed by atoms with Crippen molar-refractivity contribution in [3.63, 3.8) is 0 Å². The molecular weight excluding hydrogens is 240 g/mol. The molecule has 2 rings (SSSR count). The molecule has 1 aliphatic heterocycles. The lowest BCUT2D eigenvalue weighted by atomic mass is 10.3. The van der Waals surface area contributed by atoms with Crippen molar-refractivity contribution in [3.05, 3.63) is 29.8 Å². The van der Waals surface area contributed by atoms with Gasteiger partial charge in [-0.05, 0) is 18.6 Å². The van der Waals surface area contributed by atoms with Crippen molar-refractivity contribution in [1.82, 2.24) is 4.90 Å². The van der Waals surface area contributed by atoms with Crippen molar-refractivity contribution >= 4 is 11.6 Å². The largest absolute Gasteiger partial charge is 0.326 e. The van der Waals surface area contributed by atoms with Crippen LogP contribution in [0.25, 0.3) is 0 Å². The van der Waals surface area contributed by atoms with E-state index in [9.17, 15) is 13.6 Å². The van der Waals surface area contributed by atoms with Gasteiger partial charge in [-0.3, -0.25) is 9.69 Å². The van der Waals surface area contributed by atoms with Crippen LogP contribution in [0.4, 0.5) is 14.5 Å². The number of likely N-dealkylation sites (tertiary alicyclic amines) is 1. The van der Waals surface area contributed by atoms with Crippen LogP contribution >= 0.6 is 0 Å². The van der Waals surface area contributed by atoms with Crippen LogP contribution in [0.5, 0.6) is 0 Å². The second-order valence-corrected chi connectivity index (χ2v) is 4.46. The first-order valence-electron chi connectivity index (χ1n) is 5.77. The number of rotatable bonds is 3. The fourth-order valence-corrected chi connectivity index (χ4v) is 1.99. The van der Waals surface area contributed by atoms with Gasteiger partial charge in [-0.15, -0.1) is 0 Å². The number of nitrogens with zero attached hydrogens (tertiary/aromatic N) is 1. The molecule has 0 aliphatic carbocycles. The van der Waals surface area contributed by atoms with Crippen LogP contribution in [-0.4, -0.2) is 36.5 Å². The minimum atomic E-state index is -0.776. The van der Waals surface area contributed by atoms with Gasteiger partial charge in [-0.2, -0.15) is 0 Å². The summed E-state index contributed by atoms with van der Waals surface area (Å²) < 4.78 is 26.0. The summed E-state index contributed by atoms with van der Waals surface area (Å²) in [5.74, 6) is -1.77. The summed E-state index contributed by atoms with van der Waals surface area (Å²) in [5.41, 5.74) is 5.71. The van der Waals surface area contributed by atoms with E-state index in [1.807, 2.05) is 4.90 Å². The molecule has 6 heteroatoms. The average molecular weight is 255 g/mol. The van der Waals surface area contributed by atoms with Gasteiger partial charge >= 0.3 is 0 Å². The highest BCUT2D eigenvalue weighted by atomic mass is 19.1. The van der Waals surface area contributed by atoms with E-state index in [1.165, 1.54) is 6.07 Å². The van der Waals surface area contributed by atoms with Crippen molar-refractivity contribution < 1.29 is 13.6 Å². The zero-order valence-electron chi connectivity index (χ0n) is 9.83. The van der Waals surface area contributed by atoms with Crippen LogP contribution in [0.3, 0.4) is 0 Å². The summed E-state index contributed by atoms with van der Waals surface area (Å²) in [6.45, 7) is 1.60. The Morgan fingerprint density at radius 2 is 2.28 bits per heavy atom. The third kappa shape index (κ3) is 3.24. The van der Waals surface area contributed by atoms with E-state index in [-0.39, 0.29) is 24.2 Å². The maximum Gasteiger partial charge on any atom is 0.238 e. The number of hydrogen-bond donors (Lipinski definition) is 2. The van der Waals surface area contributed by atoms with E-state index < -0.39 is 11.6 Å². The predicted molar refractivity (Wildman–Crippen MR) is 64.0 cm³/mol. The Morgan fingerprint density at radius 1 is 1.50 bits per heavy atom. The van der Waals surface area contributed by atoms with Crippen LogP contribution in [0, 0.1) is 11.6 Å².